The fraction of sp³-hybridized carbons (Fsp3) is 0.500. The fourth-order valence-corrected chi connectivity index (χ4v) is 3.51. The first-order valence-corrected chi connectivity index (χ1v) is 8.95. The summed E-state index contributed by atoms with van der Waals surface area (Å²) in [5.41, 5.74) is 8.55. The van der Waals surface area contributed by atoms with Gasteiger partial charge in [0.2, 0.25) is 11.9 Å². The highest BCUT2D eigenvalue weighted by molar-refractivity contribution is 5.96. The van der Waals surface area contributed by atoms with Gasteiger partial charge in [-0.25, -0.2) is 4.98 Å². The van der Waals surface area contributed by atoms with Gasteiger partial charge in [-0.2, -0.15) is 10.1 Å². The lowest BCUT2D eigenvalue weighted by atomic mass is 10.1. The van der Waals surface area contributed by atoms with Crippen LogP contribution in [0.2, 0.25) is 0 Å². The van der Waals surface area contributed by atoms with Gasteiger partial charge >= 0.3 is 0 Å². The molecule has 0 bridgehead atoms. The van der Waals surface area contributed by atoms with Crippen LogP contribution in [0.5, 0.6) is 0 Å². The molecule has 0 unspecified atom stereocenters. The summed E-state index contributed by atoms with van der Waals surface area (Å²) in [6, 6.07) is 1.90. The van der Waals surface area contributed by atoms with Gasteiger partial charge in [0.25, 0.3) is 0 Å². The van der Waals surface area contributed by atoms with Gasteiger partial charge in [-0.3, -0.25) is 14.3 Å². The van der Waals surface area contributed by atoms with Gasteiger partial charge in [0.05, 0.1) is 11.3 Å². The molecule has 27 heavy (non-hydrogen) atoms. The molecule has 0 atom stereocenters. The van der Waals surface area contributed by atoms with Crippen molar-refractivity contribution in [1.82, 2.24) is 24.6 Å². The first-order chi connectivity index (χ1) is 12.8. The summed E-state index contributed by atoms with van der Waals surface area (Å²) in [6.07, 6.45) is 0. The highest BCUT2D eigenvalue weighted by Gasteiger charge is 2.24. The van der Waals surface area contributed by atoms with Crippen LogP contribution in [0, 0.1) is 20.8 Å². The van der Waals surface area contributed by atoms with Crippen molar-refractivity contribution in [3.05, 3.63) is 28.7 Å². The lowest BCUT2D eigenvalue weighted by Gasteiger charge is -2.35. The van der Waals surface area contributed by atoms with E-state index in [1.54, 1.807) is 11.6 Å². The largest absolute Gasteiger partial charge is 0.368 e. The summed E-state index contributed by atoms with van der Waals surface area (Å²) < 4.78 is 1.62. The monoisotopic (exact) mass is 371 g/mol. The van der Waals surface area contributed by atoms with Crippen LogP contribution < -0.4 is 10.6 Å². The Morgan fingerprint density at radius 1 is 1.11 bits per heavy atom. The molecule has 1 aliphatic rings. The minimum atomic E-state index is -0.0308. The number of rotatable bonds is 4. The zero-order valence-electron chi connectivity index (χ0n) is 16.2. The molecular formula is C18H25N7O2. The van der Waals surface area contributed by atoms with Gasteiger partial charge < -0.3 is 15.5 Å². The third kappa shape index (κ3) is 3.91. The lowest BCUT2D eigenvalue weighted by Crippen LogP contribution is -2.50. The molecule has 0 aromatic carbocycles. The Kier molecular flexibility index (Phi) is 5.11. The van der Waals surface area contributed by atoms with E-state index < -0.39 is 0 Å². The number of piperazine rings is 1. The van der Waals surface area contributed by atoms with Crippen LogP contribution in [0.1, 0.15) is 34.4 Å². The SMILES string of the molecule is CC(=O)c1c(C)nn(CC(=O)N2CCN(c3cc(C)nc(N)n3)CC2)c1C. The van der Waals surface area contributed by atoms with Crippen molar-refractivity contribution in [1.29, 1.82) is 0 Å². The van der Waals surface area contributed by atoms with E-state index in [0.717, 1.165) is 17.2 Å². The molecule has 0 aliphatic carbocycles. The number of nitrogens with two attached hydrogens (primary N) is 1. The number of hydrogen-bond donors (Lipinski definition) is 1. The number of hydrogen-bond acceptors (Lipinski definition) is 7. The number of ketones is 1. The molecule has 3 rings (SSSR count). The quantitative estimate of drug-likeness (QED) is 0.789. The van der Waals surface area contributed by atoms with Gasteiger partial charge in [-0.05, 0) is 27.7 Å². The molecule has 9 nitrogen and oxygen atoms in total. The average Bonchev–Trinajstić information content (AvgIpc) is 2.87. The van der Waals surface area contributed by atoms with Crippen LogP contribution in [-0.4, -0.2) is 62.5 Å². The number of carbonyl (C=O) groups excluding carboxylic acids is 2. The Bertz CT molecular complexity index is 862. The summed E-state index contributed by atoms with van der Waals surface area (Å²) in [5, 5.41) is 4.36. The van der Waals surface area contributed by atoms with Crippen LogP contribution in [0.3, 0.4) is 0 Å². The highest BCUT2D eigenvalue weighted by Crippen LogP contribution is 2.17. The minimum Gasteiger partial charge on any atom is -0.368 e. The Labute approximate surface area is 158 Å². The van der Waals surface area contributed by atoms with E-state index in [1.165, 1.54) is 6.92 Å². The molecule has 0 saturated carbocycles. The van der Waals surface area contributed by atoms with Gasteiger partial charge in [0.15, 0.2) is 5.78 Å². The van der Waals surface area contributed by atoms with Crippen LogP contribution in [0.15, 0.2) is 6.07 Å². The highest BCUT2D eigenvalue weighted by atomic mass is 16.2. The number of aryl methyl sites for hydroxylation is 2. The molecular weight excluding hydrogens is 346 g/mol. The fourth-order valence-electron chi connectivity index (χ4n) is 3.51. The number of nitrogen functional groups attached to an aromatic ring is 1. The number of carbonyl (C=O) groups is 2. The van der Waals surface area contributed by atoms with E-state index in [0.29, 0.717) is 37.4 Å². The summed E-state index contributed by atoms with van der Waals surface area (Å²) in [5.74, 6) is 1.01. The van der Waals surface area contributed by atoms with Gasteiger partial charge in [0, 0.05) is 43.6 Å². The Balaban J connectivity index is 1.64. The molecule has 1 amide bonds. The Morgan fingerprint density at radius 2 is 1.78 bits per heavy atom. The molecule has 9 heteroatoms. The predicted molar refractivity (Wildman–Crippen MR) is 102 cm³/mol. The second kappa shape index (κ2) is 7.34. The van der Waals surface area contributed by atoms with Crippen molar-refractivity contribution in [2.75, 3.05) is 36.8 Å². The first-order valence-electron chi connectivity index (χ1n) is 8.95. The molecule has 1 fully saturated rings. The maximum absolute atomic E-state index is 12.7. The second-order valence-electron chi connectivity index (χ2n) is 6.85. The third-order valence-corrected chi connectivity index (χ3v) is 4.83. The standard InChI is InChI=1S/C18H25N7O2/c1-11-9-15(21-18(19)20-11)23-5-7-24(8-6-23)16(27)10-25-13(3)17(14(4)26)12(2)22-25/h9H,5-8,10H2,1-4H3,(H2,19,20,21). The zero-order chi connectivity index (χ0) is 19.7. The maximum Gasteiger partial charge on any atom is 0.244 e. The normalized spacial score (nSPS) is 14.5. The molecule has 2 aromatic rings. The van der Waals surface area contributed by atoms with Crippen molar-refractivity contribution in [2.45, 2.75) is 34.2 Å². The molecule has 1 saturated heterocycles. The smallest absolute Gasteiger partial charge is 0.244 e. The molecule has 0 spiro atoms. The first kappa shape index (κ1) is 18.8. The number of nitrogens with zero attached hydrogens (tertiary/aromatic N) is 6. The molecule has 2 N–H and O–H groups in total. The zero-order valence-corrected chi connectivity index (χ0v) is 16.2. The van der Waals surface area contributed by atoms with Crippen molar-refractivity contribution >= 4 is 23.5 Å². The van der Waals surface area contributed by atoms with Crippen LogP contribution in [0.25, 0.3) is 0 Å². The third-order valence-electron chi connectivity index (χ3n) is 4.83. The van der Waals surface area contributed by atoms with E-state index in [2.05, 4.69) is 20.0 Å². The van der Waals surface area contributed by atoms with Gasteiger partial charge in [0.1, 0.15) is 12.4 Å². The maximum atomic E-state index is 12.7. The van der Waals surface area contributed by atoms with Crippen molar-refractivity contribution in [3.8, 4) is 0 Å². The predicted octanol–water partition coefficient (Wildman–Crippen LogP) is 0.732. The van der Waals surface area contributed by atoms with Crippen LogP contribution in [-0.2, 0) is 11.3 Å². The van der Waals surface area contributed by atoms with E-state index in [4.69, 9.17) is 5.73 Å². The molecule has 1 aliphatic heterocycles. The van der Waals surface area contributed by atoms with Crippen molar-refractivity contribution < 1.29 is 9.59 Å². The average molecular weight is 371 g/mol. The summed E-state index contributed by atoms with van der Waals surface area (Å²) in [4.78, 5) is 36.7. The number of Topliss-reactive ketones (excluding diaryl/α,β-unsaturated/α-hetero) is 1. The number of anilines is 2. The Morgan fingerprint density at radius 3 is 2.33 bits per heavy atom. The molecule has 144 valence electrons. The number of aromatic nitrogens is 4. The van der Waals surface area contributed by atoms with Gasteiger partial charge in [-0.15, -0.1) is 0 Å². The van der Waals surface area contributed by atoms with Crippen LogP contribution >= 0.6 is 0 Å². The van der Waals surface area contributed by atoms with Crippen molar-refractivity contribution in [3.63, 3.8) is 0 Å². The second-order valence-corrected chi connectivity index (χ2v) is 6.85. The van der Waals surface area contributed by atoms with Crippen molar-refractivity contribution in [2.24, 2.45) is 0 Å². The number of amides is 1. The molecule has 2 aromatic heterocycles. The Hall–Kier alpha value is -2.97. The van der Waals surface area contributed by atoms with E-state index in [1.807, 2.05) is 24.8 Å². The van der Waals surface area contributed by atoms with Crippen LogP contribution in [0.4, 0.5) is 11.8 Å². The molecule has 3 heterocycles. The topological polar surface area (TPSA) is 110 Å². The molecule has 0 radical (unpaired) electrons. The van der Waals surface area contributed by atoms with E-state index >= 15 is 0 Å². The summed E-state index contributed by atoms with van der Waals surface area (Å²) >= 11 is 0. The summed E-state index contributed by atoms with van der Waals surface area (Å²) in [6.45, 7) is 9.70. The summed E-state index contributed by atoms with van der Waals surface area (Å²) in [7, 11) is 0. The lowest BCUT2D eigenvalue weighted by molar-refractivity contribution is -0.132. The van der Waals surface area contributed by atoms with Gasteiger partial charge in [-0.1, -0.05) is 0 Å². The van der Waals surface area contributed by atoms with E-state index in [9.17, 15) is 9.59 Å². The van der Waals surface area contributed by atoms with E-state index in [-0.39, 0.29) is 24.2 Å². The minimum absolute atomic E-state index is 0.00580.